The molecule has 1 aromatic heterocycles. The van der Waals surface area contributed by atoms with E-state index in [1.165, 1.54) is 0 Å². The molecule has 0 saturated carbocycles. The first-order valence-corrected chi connectivity index (χ1v) is 11.9. The highest BCUT2D eigenvalue weighted by molar-refractivity contribution is 7.92. The Hall–Kier alpha value is -2.00. The SMILES string of the molecule is COC1C=C(c2cccc(NS(C)(=O)=O)c2)CCC1NC(=O)c1[nH]c(C)c(Cl)c1Cl. The Morgan fingerprint density at radius 2 is 2.00 bits per heavy atom. The molecule has 2 unspecified atom stereocenters. The van der Waals surface area contributed by atoms with Crippen molar-refractivity contribution >= 4 is 50.4 Å². The average Bonchev–Trinajstić information content (AvgIpc) is 2.94. The first-order valence-electron chi connectivity index (χ1n) is 9.25. The van der Waals surface area contributed by atoms with Crippen molar-refractivity contribution < 1.29 is 17.9 Å². The van der Waals surface area contributed by atoms with Crippen LogP contribution in [-0.2, 0) is 14.8 Å². The molecule has 1 amide bonds. The van der Waals surface area contributed by atoms with Crippen molar-refractivity contribution in [2.24, 2.45) is 0 Å². The first-order chi connectivity index (χ1) is 14.1. The second kappa shape index (κ2) is 9.01. The number of carbonyl (C=O) groups is 1. The third kappa shape index (κ3) is 5.18. The van der Waals surface area contributed by atoms with Gasteiger partial charge in [-0.3, -0.25) is 9.52 Å². The lowest BCUT2D eigenvalue weighted by Crippen LogP contribution is -2.45. The predicted octanol–water partition coefficient (Wildman–Crippen LogP) is 3.99. The van der Waals surface area contributed by atoms with Crippen LogP contribution in [0.5, 0.6) is 0 Å². The first kappa shape index (κ1) is 22.7. The normalized spacial score (nSPS) is 19.3. The number of methoxy groups -OCH3 is 1. The van der Waals surface area contributed by atoms with Gasteiger partial charge < -0.3 is 15.0 Å². The summed E-state index contributed by atoms with van der Waals surface area (Å²) in [6.45, 7) is 1.74. The summed E-state index contributed by atoms with van der Waals surface area (Å²) < 4.78 is 31.1. The maximum Gasteiger partial charge on any atom is 0.269 e. The number of ether oxygens (including phenoxy) is 1. The number of hydrogen-bond acceptors (Lipinski definition) is 4. The molecule has 1 aliphatic rings. The van der Waals surface area contributed by atoms with Gasteiger partial charge in [0.1, 0.15) is 5.69 Å². The summed E-state index contributed by atoms with van der Waals surface area (Å²) in [6, 6.07) is 6.93. The number of hydrogen-bond donors (Lipinski definition) is 3. The quantitative estimate of drug-likeness (QED) is 0.592. The summed E-state index contributed by atoms with van der Waals surface area (Å²) in [4.78, 5) is 15.6. The van der Waals surface area contributed by atoms with E-state index in [9.17, 15) is 13.2 Å². The molecule has 7 nitrogen and oxygen atoms in total. The van der Waals surface area contributed by atoms with Crippen LogP contribution in [0.25, 0.3) is 5.57 Å². The van der Waals surface area contributed by atoms with Crippen molar-refractivity contribution in [1.29, 1.82) is 0 Å². The number of amides is 1. The highest BCUT2D eigenvalue weighted by Crippen LogP contribution is 2.32. The Morgan fingerprint density at radius 3 is 2.60 bits per heavy atom. The number of allylic oxidation sites excluding steroid dienone is 1. The van der Waals surface area contributed by atoms with Crippen molar-refractivity contribution in [3.8, 4) is 0 Å². The van der Waals surface area contributed by atoms with E-state index in [1.807, 2.05) is 12.1 Å². The molecule has 1 aromatic carbocycles. The van der Waals surface area contributed by atoms with Crippen LogP contribution in [-0.4, -0.2) is 44.8 Å². The molecule has 0 radical (unpaired) electrons. The number of halogens is 2. The number of nitrogens with one attached hydrogen (secondary N) is 3. The van der Waals surface area contributed by atoms with E-state index in [1.54, 1.807) is 32.2 Å². The number of H-pyrrole nitrogens is 1. The molecule has 0 bridgehead atoms. The van der Waals surface area contributed by atoms with E-state index in [-0.39, 0.29) is 28.8 Å². The molecular weight excluding hydrogens is 449 g/mol. The molecule has 3 N–H and O–H groups in total. The number of aromatic nitrogens is 1. The van der Waals surface area contributed by atoms with Gasteiger partial charge in [-0.1, -0.05) is 41.4 Å². The number of aromatic amines is 1. The van der Waals surface area contributed by atoms with Gasteiger partial charge in [0, 0.05) is 18.5 Å². The summed E-state index contributed by atoms with van der Waals surface area (Å²) in [5, 5.41) is 3.49. The Labute approximate surface area is 185 Å². The molecule has 2 aromatic rings. The summed E-state index contributed by atoms with van der Waals surface area (Å²) in [7, 11) is -1.78. The zero-order chi connectivity index (χ0) is 22.1. The molecule has 0 fully saturated rings. The minimum Gasteiger partial charge on any atom is -0.375 e. The van der Waals surface area contributed by atoms with Gasteiger partial charge in [-0.2, -0.15) is 0 Å². The summed E-state index contributed by atoms with van der Waals surface area (Å²) in [5.74, 6) is -0.349. The minimum atomic E-state index is -3.36. The smallest absolute Gasteiger partial charge is 0.269 e. The molecule has 2 atom stereocenters. The lowest BCUT2D eigenvalue weighted by atomic mass is 9.88. The average molecular weight is 472 g/mol. The van der Waals surface area contributed by atoms with Crippen LogP contribution in [0.1, 0.15) is 34.6 Å². The lowest BCUT2D eigenvalue weighted by molar-refractivity contribution is 0.0768. The van der Waals surface area contributed by atoms with Crippen LogP contribution < -0.4 is 10.0 Å². The highest BCUT2D eigenvalue weighted by Gasteiger charge is 2.28. The number of anilines is 1. The highest BCUT2D eigenvalue weighted by atomic mass is 35.5. The van der Waals surface area contributed by atoms with Crippen LogP contribution in [0.2, 0.25) is 10.0 Å². The monoisotopic (exact) mass is 471 g/mol. The van der Waals surface area contributed by atoms with E-state index in [0.717, 1.165) is 17.4 Å². The third-order valence-electron chi connectivity index (χ3n) is 4.89. The van der Waals surface area contributed by atoms with Crippen molar-refractivity contribution in [3.05, 3.63) is 57.3 Å². The van der Waals surface area contributed by atoms with E-state index < -0.39 is 10.0 Å². The molecule has 10 heteroatoms. The molecule has 0 spiro atoms. The summed E-state index contributed by atoms with van der Waals surface area (Å²) in [5.41, 5.74) is 3.26. The zero-order valence-electron chi connectivity index (χ0n) is 16.8. The van der Waals surface area contributed by atoms with Gasteiger partial charge in [0.15, 0.2) is 0 Å². The second-order valence-corrected chi connectivity index (χ2v) is 9.72. The van der Waals surface area contributed by atoms with Gasteiger partial charge in [-0.15, -0.1) is 0 Å². The van der Waals surface area contributed by atoms with Crippen LogP contribution in [0.15, 0.2) is 30.3 Å². The molecule has 30 heavy (non-hydrogen) atoms. The van der Waals surface area contributed by atoms with Gasteiger partial charge in [-0.25, -0.2) is 8.42 Å². The van der Waals surface area contributed by atoms with E-state index in [4.69, 9.17) is 27.9 Å². The molecular formula is C20H23Cl2N3O4S. The van der Waals surface area contributed by atoms with Crippen molar-refractivity contribution in [2.75, 3.05) is 18.1 Å². The third-order valence-corrected chi connectivity index (χ3v) is 6.45. The maximum absolute atomic E-state index is 12.7. The Balaban J connectivity index is 1.78. The molecule has 0 aliphatic heterocycles. The van der Waals surface area contributed by atoms with Crippen LogP contribution in [0.3, 0.4) is 0 Å². The van der Waals surface area contributed by atoms with E-state index in [0.29, 0.717) is 29.2 Å². The van der Waals surface area contributed by atoms with E-state index >= 15 is 0 Å². The fourth-order valence-electron chi connectivity index (χ4n) is 3.47. The van der Waals surface area contributed by atoms with Gasteiger partial charge in [0.2, 0.25) is 10.0 Å². The summed E-state index contributed by atoms with van der Waals surface area (Å²) in [6.07, 6.45) is 4.03. The minimum absolute atomic E-state index is 0.197. The number of carbonyl (C=O) groups excluding carboxylic acids is 1. The standard InChI is InChI=1S/C20H23Cl2N3O4S/c1-11-17(21)18(22)19(23-11)20(26)24-15-8-7-13(10-16(15)29-2)12-5-4-6-14(9-12)25-30(3,27)28/h4-6,9-10,15-16,23,25H,7-8H2,1-3H3,(H,24,26). The van der Waals surface area contributed by atoms with Crippen LogP contribution >= 0.6 is 23.2 Å². The molecule has 162 valence electrons. The number of rotatable bonds is 6. The van der Waals surface area contributed by atoms with Gasteiger partial charge >= 0.3 is 0 Å². The van der Waals surface area contributed by atoms with Crippen molar-refractivity contribution in [3.63, 3.8) is 0 Å². The van der Waals surface area contributed by atoms with Gasteiger partial charge in [0.05, 0.1) is 28.4 Å². The Bertz CT molecular complexity index is 1100. The zero-order valence-corrected chi connectivity index (χ0v) is 19.1. The molecule has 1 heterocycles. The van der Waals surface area contributed by atoms with Gasteiger partial charge in [0.25, 0.3) is 5.91 Å². The fraction of sp³-hybridized carbons (Fsp3) is 0.350. The number of sulfonamides is 1. The topological polar surface area (TPSA) is 100 Å². The molecule has 0 saturated heterocycles. The number of aryl methyl sites for hydroxylation is 1. The van der Waals surface area contributed by atoms with Crippen LogP contribution in [0, 0.1) is 6.92 Å². The Morgan fingerprint density at radius 1 is 1.27 bits per heavy atom. The fourth-order valence-corrected chi connectivity index (χ4v) is 4.44. The summed E-state index contributed by atoms with van der Waals surface area (Å²) >= 11 is 12.2. The largest absolute Gasteiger partial charge is 0.375 e. The van der Waals surface area contributed by atoms with Crippen molar-refractivity contribution in [2.45, 2.75) is 31.9 Å². The lowest BCUT2D eigenvalue weighted by Gasteiger charge is -2.30. The number of benzene rings is 1. The second-order valence-electron chi connectivity index (χ2n) is 7.22. The van der Waals surface area contributed by atoms with Crippen molar-refractivity contribution in [1.82, 2.24) is 10.3 Å². The van der Waals surface area contributed by atoms with E-state index in [2.05, 4.69) is 15.0 Å². The molecule has 1 aliphatic carbocycles. The Kier molecular flexibility index (Phi) is 6.81. The predicted molar refractivity (Wildman–Crippen MR) is 120 cm³/mol. The molecule has 3 rings (SSSR count). The maximum atomic E-state index is 12.7. The van der Waals surface area contributed by atoms with Crippen LogP contribution in [0.4, 0.5) is 5.69 Å². The van der Waals surface area contributed by atoms with Gasteiger partial charge in [-0.05, 0) is 43.0 Å².